The SMILES string of the molecule is Cc1ccccc1/C=C/c1ccc2c(c1)CCN2C=O. The second-order valence-corrected chi connectivity index (χ2v) is 5.13. The third-order valence-electron chi connectivity index (χ3n) is 3.81. The second kappa shape index (κ2) is 5.33. The van der Waals surface area contributed by atoms with Gasteiger partial charge < -0.3 is 4.90 Å². The van der Waals surface area contributed by atoms with Gasteiger partial charge in [0.25, 0.3) is 0 Å². The number of carbonyl (C=O) groups is 1. The molecule has 0 atom stereocenters. The highest BCUT2D eigenvalue weighted by atomic mass is 16.1. The summed E-state index contributed by atoms with van der Waals surface area (Å²) in [4.78, 5) is 12.7. The fourth-order valence-corrected chi connectivity index (χ4v) is 2.62. The number of hydrogen-bond donors (Lipinski definition) is 0. The lowest BCUT2D eigenvalue weighted by Gasteiger charge is -2.09. The predicted molar refractivity (Wildman–Crippen MR) is 83.7 cm³/mol. The van der Waals surface area contributed by atoms with Crippen LogP contribution in [0.15, 0.2) is 42.5 Å². The maximum atomic E-state index is 10.9. The summed E-state index contributed by atoms with van der Waals surface area (Å²) < 4.78 is 0. The smallest absolute Gasteiger partial charge is 0.214 e. The molecule has 0 saturated heterocycles. The van der Waals surface area contributed by atoms with E-state index in [9.17, 15) is 4.79 Å². The number of nitrogens with zero attached hydrogens (tertiary/aromatic N) is 1. The molecule has 0 unspecified atom stereocenters. The highest BCUT2D eigenvalue weighted by Gasteiger charge is 2.17. The Morgan fingerprint density at radius 1 is 1.10 bits per heavy atom. The van der Waals surface area contributed by atoms with Crippen LogP contribution < -0.4 is 4.90 Å². The van der Waals surface area contributed by atoms with Gasteiger partial charge in [0.1, 0.15) is 0 Å². The van der Waals surface area contributed by atoms with Crippen LogP contribution in [0.25, 0.3) is 12.2 Å². The number of carbonyl (C=O) groups excluding carboxylic acids is 1. The van der Waals surface area contributed by atoms with E-state index in [4.69, 9.17) is 0 Å². The molecule has 0 radical (unpaired) electrons. The molecule has 2 aromatic carbocycles. The number of fused-ring (bicyclic) bond motifs is 1. The van der Waals surface area contributed by atoms with Gasteiger partial charge in [0.05, 0.1) is 0 Å². The summed E-state index contributed by atoms with van der Waals surface area (Å²) in [5, 5.41) is 0. The third-order valence-corrected chi connectivity index (χ3v) is 3.81. The standard InChI is InChI=1S/C18H17NO/c1-14-4-2-3-5-16(14)8-6-15-7-9-18-17(12-15)10-11-19(18)13-20/h2-9,12-13H,10-11H2,1H3/b8-6+. The van der Waals surface area contributed by atoms with Crippen molar-refractivity contribution in [1.29, 1.82) is 0 Å². The topological polar surface area (TPSA) is 20.3 Å². The first-order chi connectivity index (χ1) is 9.78. The molecule has 0 aliphatic carbocycles. The zero-order valence-electron chi connectivity index (χ0n) is 11.5. The molecule has 3 rings (SSSR count). The first kappa shape index (κ1) is 12.7. The molecule has 0 bridgehead atoms. The van der Waals surface area contributed by atoms with Gasteiger partial charge >= 0.3 is 0 Å². The van der Waals surface area contributed by atoms with E-state index in [0.29, 0.717) is 0 Å². The average molecular weight is 263 g/mol. The van der Waals surface area contributed by atoms with Crippen LogP contribution in [0.4, 0.5) is 5.69 Å². The Morgan fingerprint density at radius 2 is 1.95 bits per heavy atom. The van der Waals surface area contributed by atoms with Crippen LogP contribution in [0.1, 0.15) is 22.3 Å². The van der Waals surface area contributed by atoms with Crippen LogP contribution in [0.5, 0.6) is 0 Å². The van der Waals surface area contributed by atoms with Crippen LogP contribution in [0.2, 0.25) is 0 Å². The van der Waals surface area contributed by atoms with Gasteiger partial charge in [0, 0.05) is 12.2 Å². The van der Waals surface area contributed by atoms with E-state index in [-0.39, 0.29) is 0 Å². The Labute approximate surface area is 119 Å². The Balaban J connectivity index is 1.86. The van der Waals surface area contributed by atoms with Crippen molar-refractivity contribution in [3.63, 3.8) is 0 Å². The van der Waals surface area contributed by atoms with Crippen molar-refractivity contribution < 1.29 is 4.79 Å². The number of anilines is 1. The zero-order valence-corrected chi connectivity index (χ0v) is 11.5. The maximum absolute atomic E-state index is 10.9. The van der Waals surface area contributed by atoms with Crippen molar-refractivity contribution >= 4 is 24.2 Å². The lowest BCUT2D eigenvalue weighted by atomic mass is 10.0. The molecule has 1 heterocycles. The van der Waals surface area contributed by atoms with E-state index in [2.05, 4.69) is 55.5 Å². The molecule has 2 aromatic rings. The minimum absolute atomic E-state index is 0.795. The highest BCUT2D eigenvalue weighted by Crippen LogP contribution is 2.28. The van der Waals surface area contributed by atoms with Crippen molar-refractivity contribution in [2.45, 2.75) is 13.3 Å². The van der Waals surface area contributed by atoms with E-state index in [1.165, 1.54) is 22.3 Å². The van der Waals surface area contributed by atoms with Crippen molar-refractivity contribution in [3.05, 3.63) is 64.7 Å². The lowest BCUT2D eigenvalue weighted by Crippen LogP contribution is -2.17. The fraction of sp³-hybridized carbons (Fsp3) is 0.167. The van der Waals surface area contributed by atoms with E-state index < -0.39 is 0 Å². The third kappa shape index (κ3) is 2.37. The molecule has 0 saturated carbocycles. The summed E-state index contributed by atoms with van der Waals surface area (Å²) in [5.74, 6) is 0. The molecule has 0 N–H and O–H groups in total. The molecule has 0 spiro atoms. The Hall–Kier alpha value is -2.35. The fourth-order valence-electron chi connectivity index (χ4n) is 2.62. The Morgan fingerprint density at radius 3 is 2.75 bits per heavy atom. The van der Waals surface area contributed by atoms with Gasteiger partial charge in [-0.1, -0.05) is 42.5 Å². The molecule has 1 amide bonds. The van der Waals surface area contributed by atoms with E-state index >= 15 is 0 Å². The quantitative estimate of drug-likeness (QED) is 0.611. The highest BCUT2D eigenvalue weighted by molar-refractivity contribution is 5.81. The molecule has 1 aliphatic heterocycles. The number of hydrogen-bond acceptors (Lipinski definition) is 1. The molecular weight excluding hydrogens is 246 g/mol. The first-order valence-corrected chi connectivity index (χ1v) is 6.86. The van der Waals surface area contributed by atoms with Gasteiger partial charge in [0.15, 0.2) is 0 Å². The monoisotopic (exact) mass is 263 g/mol. The normalized spacial score (nSPS) is 13.8. The second-order valence-electron chi connectivity index (χ2n) is 5.13. The van der Waals surface area contributed by atoms with Crippen LogP contribution in [-0.4, -0.2) is 13.0 Å². The maximum Gasteiger partial charge on any atom is 0.214 e. The average Bonchev–Trinajstić information content (AvgIpc) is 2.88. The van der Waals surface area contributed by atoms with E-state index in [1.54, 1.807) is 4.90 Å². The Kier molecular flexibility index (Phi) is 3.38. The molecule has 100 valence electrons. The van der Waals surface area contributed by atoms with E-state index in [0.717, 1.165) is 25.1 Å². The van der Waals surface area contributed by atoms with Crippen LogP contribution in [-0.2, 0) is 11.2 Å². The molecule has 1 aliphatic rings. The van der Waals surface area contributed by atoms with Crippen LogP contribution >= 0.6 is 0 Å². The summed E-state index contributed by atoms with van der Waals surface area (Å²) in [6.45, 7) is 2.91. The molecule has 0 aromatic heterocycles. The molecule has 2 heteroatoms. The molecule has 2 nitrogen and oxygen atoms in total. The molecule has 0 fully saturated rings. The predicted octanol–water partition coefficient (Wildman–Crippen LogP) is 3.68. The minimum Gasteiger partial charge on any atom is -0.314 e. The van der Waals surface area contributed by atoms with Crippen molar-refractivity contribution in [3.8, 4) is 0 Å². The minimum atomic E-state index is 0.795. The van der Waals surface area contributed by atoms with Gasteiger partial charge in [-0.3, -0.25) is 4.79 Å². The van der Waals surface area contributed by atoms with Gasteiger partial charge in [-0.2, -0.15) is 0 Å². The summed E-state index contributed by atoms with van der Waals surface area (Å²) in [5.41, 5.74) is 6.00. The van der Waals surface area contributed by atoms with Gasteiger partial charge in [-0.05, 0) is 47.7 Å². The van der Waals surface area contributed by atoms with Gasteiger partial charge in [-0.25, -0.2) is 0 Å². The van der Waals surface area contributed by atoms with Gasteiger partial charge in [-0.15, -0.1) is 0 Å². The van der Waals surface area contributed by atoms with Gasteiger partial charge in [0.2, 0.25) is 6.41 Å². The number of amides is 1. The van der Waals surface area contributed by atoms with Crippen LogP contribution in [0, 0.1) is 6.92 Å². The Bertz CT molecular complexity index is 673. The summed E-state index contributed by atoms with van der Waals surface area (Å²) in [7, 11) is 0. The molecular formula is C18H17NO. The number of aryl methyl sites for hydroxylation is 1. The number of rotatable bonds is 3. The summed E-state index contributed by atoms with van der Waals surface area (Å²) in [6.07, 6.45) is 6.13. The van der Waals surface area contributed by atoms with Crippen LogP contribution in [0.3, 0.4) is 0 Å². The van der Waals surface area contributed by atoms with E-state index in [1.807, 2.05) is 6.07 Å². The zero-order chi connectivity index (χ0) is 13.9. The lowest BCUT2D eigenvalue weighted by molar-refractivity contribution is -0.107. The largest absolute Gasteiger partial charge is 0.314 e. The van der Waals surface area contributed by atoms with Crippen molar-refractivity contribution in [2.24, 2.45) is 0 Å². The summed E-state index contributed by atoms with van der Waals surface area (Å²) >= 11 is 0. The first-order valence-electron chi connectivity index (χ1n) is 6.86. The van der Waals surface area contributed by atoms with Crippen molar-refractivity contribution in [1.82, 2.24) is 0 Å². The van der Waals surface area contributed by atoms with Crippen molar-refractivity contribution in [2.75, 3.05) is 11.4 Å². The number of benzene rings is 2. The molecule has 20 heavy (non-hydrogen) atoms. The summed E-state index contributed by atoms with van der Waals surface area (Å²) in [6, 6.07) is 14.6.